The lowest BCUT2D eigenvalue weighted by atomic mass is 10.1. The average molecular weight is 353 g/mol. The summed E-state index contributed by atoms with van der Waals surface area (Å²) < 4.78 is 5.39. The fourth-order valence-corrected chi connectivity index (χ4v) is 2.75. The first-order chi connectivity index (χ1) is 12.1. The largest absolute Gasteiger partial charge is 0.423 e. The Hall–Kier alpha value is -2.93. The minimum atomic E-state index is -0.414. The van der Waals surface area contributed by atoms with Gasteiger partial charge in [0.1, 0.15) is 5.75 Å². The van der Waals surface area contributed by atoms with Gasteiger partial charge < -0.3 is 10.1 Å². The van der Waals surface area contributed by atoms with E-state index in [1.165, 1.54) is 18.0 Å². The van der Waals surface area contributed by atoms with Crippen LogP contribution in [-0.4, -0.2) is 29.0 Å². The summed E-state index contributed by atoms with van der Waals surface area (Å²) in [5.74, 6) is 0.289. The van der Waals surface area contributed by atoms with E-state index in [1.807, 2.05) is 25.1 Å². The van der Waals surface area contributed by atoms with E-state index in [-0.39, 0.29) is 5.91 Å². The van der Waals surface area contributed by atoms with Crippen LogP contribution in [0.5, 0.6) is 5.75 Å². The lowest BCUT2D eigenvalue weighted by molar-refractivity contribution is -0.116. The molecule has 1 fully saturated rings. The molecular weight excluding hydrogens is 338 g/mol. The van der Waals surface area contributed by atoms with Gasteiger partial charge in [0.25, 0.3) is 0 Å². The highest BCUT2D eigenvalue weighted by atomic mass is 32.2. The van der Waals surface area contributed by atoms with E-state index >= 15 is 0 Å². The number of carbonyl (C=O) groups excluding carboxylic acids is 2. The van der Waals surface area contributed by atoms with E-state index in [0.29, 0.717) is 22.2 Å². The van der Waals surface area contributed by atoms with Gasteiger partial charge >= 0.3 is 5.97 Å². The molecule has 3 rings (SSSR count). The topological polar surface area (TPSA) is 80.1 Å². The highest BCUT2D eigenvalue weighted by molar-refractivity contribution is 8.15. The van der Waals surface area contributed by atoms with Crippen LogP contribution in [0.1, 0.15) is 21.5 Å². The number of amides is 1. The van der Waals surface area contributed by atoms with Crippen molar-refractivity contribution in [3.63, 3.8) is 0 Å². The molecule has 1 N–H and O–H groups in total. The van der Waals surface area contributed by atoms with E-state index in [0.717, 1.165) is 11.1 Å². The number of esters is 1. The number of nitrogens with one attached hydrogen (secondary N) is 1. The highest BCUT2D eigenvalue weighted by Crippen LogP contribution is 2.15. The first-order valence-corrected chi connectivity index (χ1v) is 8.51. The van der Waals surface area contributed by atoms with Crippen LogP contribution in [0, 0.1) is 6.92 Å². The molecule has 1 aliphatic rings. The molecule has 1 heterocycles. The van der Waals surface area contributed by atoms with Crippen molar-refractivity contribution in [1.82, 2.24) is 5.32 Å². The molecule has 1 aliphatic heterocycles. The monoisotopic (exact) mass is 353 g/mol. The third kappa shape index (κ3) is 4.77. The second-order valence-corrected chi connectivity index (χ2v) is 6.28. The Bertz CT molecular complexity index is 877. The van der Waals surface area contributed by atoms with Crippen LogP contribution >= 0.6 is 11.8 Å². The number of amidine groups is 1. The van der Waals surface area contributed by atoms with Crippen LogP contribution in [0.25, 0.3) is 0 Å². The van der Waals surface area contributed by atoms with Crippen LogP contribution < -0.4 is 10.1 Å². The van der Waals surface area contributed by atoms with Crippen molar-refractivity contribution in [2.24, 2.45) is 10.2 Å². The normalized spacial score (nSPS) is 15.6. The summed E-state index contributed by atoms with van der Waals surface area (Å²) in [5, 5.41) is 10.9. The lowest BCUT2D eigenvalue weighted by Gasteiger charge is -2.05. The van der Waals surface area contributed by atoms with Gasteiger partial charge in [-0.3, -0.25) is 4.79 Å². The van der Waals surface area contributed by atoms with Gasteiger partial charge in [0.2, 0.25) is 5.91 Å². The van der Waals surface area contributed by atoms with Crippen molar-refractivity contribution >= 4 is 35.0 Å². The smallest absolute Gasteiger partial charge is 0.343 e. The predicted octanol–water partition coefficient (Wildman–Crippen LogP) is 2.77. The predicted molar refractivity (Wildman–Crippen MR) is 98.2 cm³/mol. The summed E-state index contributed by atoms with van der Waals surface area (Å²) in [4.78, 5) is 23.2. The summed E-state index contributed by atoms with van der Waals surface area (Å²) >= 11 is 1.30. The SMILES string of the molecule is Cc1cccc(C(=O)Oc2cccc(C=NN=C3NC(=O)CS3)c2)c1. The molecule has 126 valence electrons. The third-order valence-electron chi connectivity index (χ3n) is 3.26. The van der Waals surface area contributed by atoms with Crippen molar-refractivity contribution in [2.75, 3.05) is 5.75 Å². The quantitative estimate of drug-likeness (QED) is 0.397. The summed E-state index contributed by atoms with van der Waals surface area (Å²) in [5.41, 5.74) is 2.22. The molecular formula is C18H15N3O3S. The maximum atomic E-state index is 12.2. The zero-order valence-corrected chi connectivity index (χ0v) is 14.2. The van der Waals surface area contributed by atoms with Crippen LogP contribution in [0.3, 0.4) is 0 Å². The van der Waals surface area contributed by atoms with Gasteiger partial charge in [-0.1, -0.05) is 41.6 Å². The molecule has 7 heteroatoms. The number of carbonyl (C=O) groups is 2. The highest BCUT2D eigenvalue weighted by Gasteiger charge is 2.15. The Morgan fingerprint density at radius 3 is 2.84 bits per heavy atom. The first kappa shape index (κ1) is 16.9. The van der Waals surface area contributed by atoms with Gasteiger partial charge in [-0.25, -0.2) is 4.79 Å². The van der Waals surface area contributed by atoms with Gasteiger partial charge in [-0.05, 0) is 36.8 Å². The number of hydrogen-bond donors (Lipinski definition) is 1. The van der Waals surface area contributed by atoms with Crippen molar-refractivity contribution < 1.29 is 14.3 Å². The zero-order valence-electron chi connectivity index (χ0n) is 13.4. The molecule has 0 radical (unpaired) electrons. The molecule has 0 saturated carbocycles. The summed E-state index contributed by atoms with van der Waals surface area (Å²) in [6.45, 7) is 1.92. The summed E-state index contributed by atoms with van der Waals surface area (Å²) in [6, 6.07) is 14.2. The summed E-state index contributed by atoms with van der Waals surface area (Å²) in [6.07, 6.45) is 1.53. The molecule has 1 saturated heterocycles. The number of aryl methyl sites for hydroxylation is 1. The number of ether oxygens (including phenoxy) is 1. The Balaban J connectivity index is 1.67. The number of thioether (sulfide) groups is 1. The molecule has 6 nitrogen and oxygen atoms in total. The minimum Gasteiger partial charge on any atom is -0.423 e. The number of hydrogen-bond acceptors (Lipinski definition) is 6. The maximum Gasteiger partial charge on any atom is 0.343 e. The number of rotatable bonds is 4. The molecule has 0 spiro atoms. The van der Waals surface area contributed by atoms with Crippen molar-refractivity contribution in [1.29, 1.82) is 0 Å². The lowest BCUT2D eigenvalue weighted by Crippen LogP contribution is -2.19. The minimum absolute atomic E-state index is 0.0796. The second-order valence-electron chi connectivity index (χ2n) is 5.32. The van der Waals surface area contributed by atoms with Gasteiger partial charge in [-0.2, -0.15) is 5.10 Å². The Morgan fingerprint density at radius 2 is 2.08 bits per heavy atom. The van der Waals surface area contributed by atoms with E-state index in [9.17, 15) is 9.59 Å². The van der Waals surface area contributed by atoms with E-state index < -0.39 is 5.97 Å². The number of nitrogens with zero attached hydrogens (tertiary/aromatic N) is 2. The molecule has 0 aromatic heterocycles. The third-order valence-corrected chi connectivity index (χ3v) is 4.13. The van der Waals surface area contributed by atoms with Crippen molar-refractivity contribution in [3.8, 4) is 5.75 Å². The molecule has 0 atom stereocenters. The second kappa shape index (κ2) is 7.76. The zero-order chi connectivity index (χ0) is 17.6. The standard InChI is InChI=1S/C18H15N3O3S/c1-12-4-2-6-14(8-12)17(23)24-15-7-3-5-13(9-15)10-19-21-18-20-16(22)11-25-18/h2-10H,11H2,1H3,(H,20,21,22). The van der Waals surface area contributed by atoms with Crippen LogP contribution in [-0.2, 0) is 4.79 Å². The first-order valence-electron chi connectivity index (χ1n) is 7.53. The Kier molecular flexibility index (Phi) is 5.25. The van der Waals surface area contributed by atoms with Gasteiger partial charge in [0.05, 0.1) is 17.5 Å². The number of benzene rings is 2. The fourth-order valence-electron chi connectivity index (χ4n) is 2.12. The van der Waals surface area contributed by atoms with Crippen molar-refractivity contribution in [2.45, 2.75) is 6.92 Å². The van der Waals surface area contributed by atoms with E-state index in [4.69, 9.17) is 4.74 Å². The van der Waals surface area contributed by atoms with Gasteiger partial charge in [0.15, 0.2) is 5.17 Å². The average Bonchev–Trinajstić information content (AvgIpc) is 3.00. The van der Waals surface area contributed by atoms with Crippen molar-refractivity contribution in [3.05, 3.63) is 65.2 Å². The molecule has 25 heavy (non-hydrogen) atoms. The van der Waals surface area contributed by atoms with Gasteiger partial charge in [0, 0.05) is 0 Å². The van der Waals surface area contributed by atoms with Crippen LogP contribution in [0.4, 0.5) is 0 Å². The molecule has 1 amide bonds. The molecule has 2 aromatic carbocycles. The Morgan fingerprint density at radius 1 is 1.24 bits per heavy atom. The molecule has 2 aromatic rings. The molecule has 0 bridgehead atoms. The van der Waals surface area contributed by atoms with E-state index in [1.54, 1.807) is 30.3 Å². The maximum absolute atomic E-state index is 12.2. The Labute approximate surface area is 149 Å². The van der Waals surface area contributed by atoms with Crippen LogP contribution in [0.15, 0.2) is 58.7 Å². The summed E-state index contributed by atoms with van der Waals surface area (Å²) in [7, 11) is 0. The van der Waals surface area contributed by atoms with Crippen LogP contribution in [0.2, 0.25) is 0 Å². The van der Waals surface area contributed by atoms with E-state index in [2.05, 4.69) is 15.5 Å². The molecule has 0 aliphatic carbocycles. The fraction of sp³-hybridized carbons (Fsp3) is 0.111. The molecule has 0 unspecified atom stereocenters. The van der Waals surface area contributed by atoms with Gasteiger partial charge in [-0.15, -0.1) is 5.10 Å².